The molecule has 0 spiro atoms. The Kier molecular flexibility index (Phi) is 11.6. The highest BCUT2D eigenvalue weighted by molar-refractivity contribution is 6.32. The zero-order valence-corrected chi connectivity index (χ0v) is 27.7. The SMILES string of the molecule is CC(C)(C)[Si]OC(C)(C)c1cc(C=Cc2cccc(CCCCC(=O)O)c2)cc(C(C)(C)O[Si]C(C)(C)C)c1. The van der Waals surface area contributed by atoms with Gasteiger partial charge in [0.1, 0.15) is 0 Å². The molecule has 0 fully saturated rings. The van der Waals surface area contributed by atoms with Crippen LogP contribution in [0.4, 0.5) is 0 Å². The summed E-state index contributed by atoms with van der Waals surface area (Å²) in [5.74, 6) is -0.729. The smallest absolute Gasteiger partial charge is 0.303 e. The molecule has 212 valence electrons. The highest BCUT2D eigenvalue weighted by atomic mass is 28.2. The number of aryl methyl sites for hydroxylation is 1. The predicted molar refractivity (Wildman–Crippen MR) is 166 cm³/mol. The second-order valence-electron chi connectivity index (χ2n) is 13.5. The quantitative estimate of drug-likeness (QED) is 0.150. The molecule has 0 amide bonds. The van der Waals surface area contributed by atoms with Crippen molar-refractivity contribution >= 4 is 37.6 Å². The summed E-state index contributed by atoms with van der Waals surface area (Å²) < 4.78 is 13.0. The largest absolute Gasteiger partial charge is 0.481 e. The topological polar surface area (TPSA) is 55.8 Å². The number of hydrogen-bond acceptors (Lipinski definition) is 3. The van der Waals surface area contributed by atoms with E-state index in [4.69, 9.17) is 14.0 Å². The molecule has 0 heterocycles. The summed E-state index contributed by atoms with van der Waals surface area (Å²) in [6, 6.07) is 15.2. The molecule has 0 aliphatic carbocycles. The average Bonchev–Trinajstić information content (AvgIpc) is 2.82. The first-order valence-electron chi connectivity index (χ1n) is 13.9. The fourth-order valence-corrected chi connectivity index (χ4v) is 5.13. The molecule has 4 nitrogen and oxygen atoms in total. The summed E-state index contributed by atoms with van der Waals surface area (Å²) >= 11 is 0. The highest BCUT2D eigenvalue weighted by Gasteiger charge is 2.30. The Morgan fingerprint density at radius 2 is 1.26 bits per heavy atom. The van der Waals surface area contributed by atoms with Gasteiger partial charge in [-0.05, 0) is 97.0 Å². The number of hydrogen-bond donors (Lipinski definition) is 1. The van der Waals surface area contributed by atoms with Crippen LogP contribution in [0.1, 0.15) is 116 Å². The fraction of sp³-hybridized carbons (Fsp3) is 0.545. The number of aliphatic carboxylic acids is 1. The average molecular weight is 565 g/mol. The van der Waals surface area contributed by atoms with Crippen LogP contribution in [0.2, 0.25) is 10.1 Å². The van der Waals surface area contributed by atoms with Crippen LogP contribution >= 0.6 is 0 Å². The summed E-state index contributed by atoms with van der Waals surface area (Å²) in [4.78, 5) is 10.8. The van der Waals surface area contributed by atoms with Crippen molar-refractivity contribution in [3.05, 3.63) is 70.3 Å². The van der Waals surface area contributed by atoms with Crippen molar-refractivity contribution in [1.82, 2.24) is 0 Å². The van der Waals surface area contributed by atoms with E-state index < -0.39 is 17.2 Å². The van der Waals surface area contributed by atoms with E-state index in [2.05, 4.69) is 124 Å². The van der Waals surface area contributed by atoms with Crippen molar-refractivity contribution in [1.29, 1.82) is 0 Å². The molecule has 0 unspecified atom stereocenters. The fourth-order valence-electron chi connectivity index (χ4n) is 3.77. The summed E-state index contributed by atoms with van der Waals surface area (Å²) in [7, 11) is 0.772. The number of benzene rings is 2. The first kappa shape index (κ1) is 33.2. The second-order valence-corrected chi connectivity index (χ2v) is 17.3. The van der Waals surface area contributed by atoms with E-state index in [1.807, 2.05) is 0 Å². The van der Waals surface area contributed by atoms with E-state index in [1.165, 1.54) is 5.56 Å². The Morgan fingerprint density at radius 3 is 1.74 bits per heavy atom. The Bertz CT molecular complexity index is 1070. The van der Waals surface area contributed by atoms with E-state index in [1.54, 1.807) is 0 Å². The lowest BCUT2D eigenvalue weighted by atomic mass is 9.88. The number of carboxylic acid groups (broad SMARTS) is 1. The molecule has 39 heavy (non-hydrogen) atoms. The first-order chi connectivity index (χ1) is 17.9. The van der Waals surface area contributed by atoms with E-state index >= 15 is 0 Å². The zero-order chi connectivity index (χ0) is 29.5. The van der Waals surface area contributed by atoms with Gasteiger partial charge in [0.25, 0.3) is 0 Å². The van der Waals surface area contributed by atoms with Crippen molar-refractivity contribution < 1.29 is 18.8 Å². The molecule has 0 saturated heterocycles. The zero-order valence-electron chi connectivity index (χ0n) is 25.7. The lowest BCUT2D eigenvalue weighted by Crippen LogP contribution is -2.30. The number of carbonyl (C=O) groups is 1. The maximum absolute atomic E-state index is 10.8. The van der Waals surface area contributed by atoms with E-state index in [9.17, 15) is 4.79 Å². The van der Waals surface area contributed by atoms with Crippen LogP contribution in [0.3, 0.4) is 0 Å². The van der Waals surface area contributed by atoms with E-state index in [0.717, 1.165) is 35.1 Å². The van der Waals surface area contributed by atoms with Crippen molar-refractivity contribution in [2.24, 2.45) is 0 Å². The molecular weight excluding hydrogens is 517 g/mol. The minimum absolute atomic E-state index is 0.104. The number of rotatable bonds is 13. The third-order valence-electron chi connectivity index (χ3n) is 6.10. The number of carboxylic acids is 1. The Morgan fingerprint density at radius 1 is 0.744 bits per heavy atom. The van der Waals surface area contributed by atoms with Gasteiger partial charge in [-0.15, -0.1) is 0 Å². The summed E-state index contributed by atoms with van der Waals surface area (Å²) in [5, 5.41) is 9.09. The maximum atomic E-state index is 10.8. The minimum atomic E-state index is -0.729. The van der Waals surface area contributed by atoms with Crippen molar-refractivity contribution in [3.63, 3.8) is 0 Å². The van der Waals surface area contributed by atoms with Gasteiger partial charge in [0, 0.05) is 6.42 Å². The summed E-state index contributed by atoms with van der Waals surface area (Å²) in [6.45, 7) is 21.8. The van der Waals surface area contributed by atoms with Gasteiger partial charge in [-0.25, -0.2) is 0 Å². The van der Waals surface area contributed by atoms with Crippen LogP contribution in [0, 0.1) is 0 Å². The van der Waals surface area contributed by atoms with Gasteiger partial charge in [-0.1, -0.05) is 84.0 Å². The van der Waals surface area contributed by atoms with Crippen LogP contribution in [0.15, 0.2) is 42.5 Å². The third kappa shape index (κ3) is 12.4. The standard InChI is InChI=1S/C33H48O4Si2/c1-30(2,3)38-36-32(7,8)27-21-26(22-28(23-27)33(9,10)37-39-31(4,5)6)19-18-25-16-13-15-24(20-25)14-11-12-17-29(34)35/h13,15-16,18-23H,11-12,14,17H2,1-10H3,(H,34,35). The van der Waals surface area contributed by atoms with Gasteiger partial charge in [0.2, 0.25) is 19.5 Å². The Hall–Kier alpha value is -2.00. The van der Waals surface area contributed by atoms with Gasteiger partial charge in [0.15, 0.2) is 0 Å². The van der Waals surface area contributed by atoms with Crippen LogP contribution in [0.5, 0.6) is 0 Å². The lowest BCUT2D eigenvalue weighted by Gasteiger charge is -2.33. The van der Waals surface area contributed by atoms with Crippen molar-refractivity contribution in [2.45, 2.75) is 116 Å². The summed E-state index contributed by atoms with van der Waals surface area (Å²) in [6.07, 6.45) is 7.01. The van der Waals surface area contributed by atoms with Gasteiger partial charge in [-0.3, -0.25) is 4.79 Å². The third-order valence-corrected chi connectivity index (χ3v) is 8.55. The van der Waals surface area contributed by atoms with Crippen molar-refractivity contribution in [2.75, 3.05) is 0 Å². The molecule has 0 aliphatic heterocycles. The molecule has 6 heteroatoms. The first-order valence-corrected chi connectivity index (χ1v) is 15.7. The van der Waals surface area contributed by atoms with Crippen LogP contribution in [0.25, 0.3) is 12.2 Å². The molecule has 2 rings (SSSR count). The van der Waals surface area contributed by atoms with Gasteiger partial charge in [-0.2, -0.15) is 0 Å². The maximum Gasteiger partial charge on any atom is 0.303 e. The highest BCUT2D eigenvalue weighted by Crippen LogP contribution is 2.35. The van der Waals surface area contributed by atoms with Gasteiger partial charge in [0.05, 0.1) is 11.2 Å². The Balaban J connectivity index is 2.38. The predicted octanol–water partition coefficient (Wildman–Crippen LogP) is 8.83. The van der Waals surface area contributed by atoms with Crippen LogP contribution < -0.4 is 0 Å². The van der Waals surface area contributed by atoms with E-state index in [-0.39, 0.29) is 16.5 Å². The number of unbranched alkanes of at least 4 members (excludes halogenated alkanes) is 1. The van der Waals surface area contributed by atoms with E-state index in [0.29, 0.717) is 25.9 Å². The lowest BCUT2D eigenvalue weighted by molar-refractivity contribution is -0.137. The molecule has 0 bridgehead atoms. The molecule has 0 atom stereocenters. The van der Waals surface area contributed by atoms with Gasteiger partial charge < -0.3 is 14.0 Å². The molecular formula is C33H48O4Si2. The molecule has 4 radical (unpaired) electrons. The van der Waals surface area contributed by atoms with Crippen molar-refractivity contribution in [3.8, 4) is 0 Å². The monoisotopic (exact) mass is 564 g/mol. The molecule has 2 aromatic rings. The van der Waals surface area contributed by atoms with Crippen LogP contribution in [-0.2, 0) is 31.3 Å². The molecule has 0 saturated carbocycles. The summed E-state index contributed by atoms with van der Waals surface area (Å²) in [5.41, 5.74) is 4.87. The van der Waals surface area contributed by atoms with Gasteiger partial charge >= 0.3 is 5.97 Å². The molecule has 0 aromatic heterocycles. The molecule has 1 N–H and O–H groups in total. The normalized spacial score (nSPS) is 13.3. The molecule has 0 aliphatic rings. The van der Waals surface area contributed by atoms with Crippen LogP contribution in [-0.4, -0.2) is 30.6 Å². The Labute approximate surface area is 242 Å². The molecule has 2 aromatic carbocycles. The minimum Gasteiger partial charge on any atom is -0.481 e. The second kappa shape index (κ2) is 13.6.